The Morgan fingerprint density at radius 1 is 1.13 bits per heavy atom. The van der Waals surface area contributed by atoms with Crippen LogP contribution in [-0.4, -0.2) is 5.78 Å². The molecule has 2 aromatic carbocycles. The minimum atomic E-state index is 0.235. The zero-order valence-corrected chi connectivity index (χ0v) is 15.1. The second-order valence-corrected chi connectivity index (χ2v) is 7.11. The largest absolute Gasteiger partial charge is 0.353 e. The minimum Gasteiger partial charge on any atom is -0.353 e. The van der Waals surface area contributed by atoms with Crippen molar-refractivity contribution in [1.82, 2.24) is 0 Å². The summed E-state index contributed by atoms with van der Waals surface area (Å²) in [5.41, 5.74) is 6.96. The smallest absolute Gasteiger partial charge is 0.164 e. The van der Waals surface area contributed by atoms with E-state index in [1.807, 2.05) is 13.0 Å². The molecule has 0 saturated carbocycles. The van der Waals surface area contributed by atoms with Gasteiger partial charge in [0.2, 0.25) is 0 Å². The van der Waals surface area contributed by atoms with E-state index in [-0.39, 0.29) is 5.78 Å². The predicted octanol–water partition coefficient (Wildman–Crippen LogP) is 6.06. The van der Waals surface area contributed by atoms with Crippen LogP contribution in [0.3, 0.4) is 0 Å². The van der Waals surface area contributed by atoms with Crippen LogP contribution < -0.4 is 5.32 Å². The number of nitrogens with one attached hydrogen (secondary N) is 1. The molecular weight excluding hydrogens is 302 g/mol. The first-order chi connectivity index (χ1) is 11.1. The van der Waals surface area contributed by atoms with Crippen LogP contribution in [0.5, 0.6) is 0 Å². The molecule has 23 heavy (non-hydrogen) atoms. The van der Waals surface area contributed by atoms with Crippen molar-refractivity contribution in [3.63, 3.8) is 0 Å². The molecule has 2 nitrogen and oxygen atoms in total. The fourth-order valence-corrected chi connectivity index (χ4v) is 4.49. The topological polar surface area (TPSA) is 29.1 Å². The van der Waals surface area contributed by atoms with Crippen molar-refractivity contribution in [3.8, 4) is 0 Å². The molecule has 3 heteroatoms. The number of carbonyl (C=O) groups excluding carboxylic acids is 1. The summed E-state index contributed by atoms with van der Waals surface area (Å²) in [7, 11) is 0. The lowest BCUT2D eigenvalue weighted by Crippen LogP contribution is -2.13. The lowest BCUT2D eigenvalue weighted by atomic mass is 9.90. The second-order valence-electron chi connectivity index (χ2n) is 6.06. The van der Waals surface area contributed by atoms with Gasteiger partial charge in [0.25, 0.3) is 0 Å². The van der Waals surface area contributed by atoms with Gasteiger partial charge in [-0.25, -0.2) is 0 Å². The van der Waals surface area contributed by atoms with Crippen molar-refractivity contribution >= 4 is 28.9 Å². The van der Waals surface area contributed by atoms with Crippen LogP contribution in [0.25, 0.3) is 0 Å². The van der Waals surface area contributed by atoms with Gasteiger partial charge in [0.1, 0.15) is 0 Å². The van der Waals surface area contributed by atoms with E-state index in [4.69, 9.17) is 0 Å². The van der Waals surface area contributed by atoms with Gasteiger partial charge in [-0.1, -0.05) is 44.2 Å². The van der Waals surface area contributed by atoms with E-state index >= 15 is 0 Å². The number of hydrogen-bond donors (Lipinski definition) is 1. The van der Waals surface area contributed by atoms with Gasteiger partial charge in [-0.15, -0.1) is 0 Å². The van der Waals surface area contributed by atoms with E-state index in [0.29, 0.717) is 6.42 Å². The molecule has 2 aromatic rings. The van der Waals surface area contributed by atoms with Crippen molar-refractivity contribution < 1.29 is 4.79 Å². The Bertz CT molecular complexity index is 780. The maximum atomic E-state index is 12.6. The highest BCUT2D eigenvalue weighted by atomic mass is 32.2. The molecule has 120 valence electrons. The monoisotopic (exact) mass is 325 g/mol. The van der Waals surface area contributed by atoms with Crippen LogP contribution in [0.15, 0.2) is 34.1 Å². The van der Waals surface area contributed by atoms with Crippen LogP contribution in [0.1, 0.15) is 53.7 Å². The minimum absolute atomic E-state index is 0.235. The standard InChI is InChI=1S/C20H23NOS/c1-5-9-14-12(3)13(4)18(16(22)6-2)20-19(14)21-15-10-7-8-11-17(15)23-20/h7-8,10-11,21H,5-6,9H2,1-4H3. The molecule has 0 amide bonds. The van der Waals surface area contributed by atoms with E-state index in [1.54, 1.807) is 11.8 Å². The summed E-state index contributed by atoms with van der Waals surface area (Å²) in [6, 6.07) is 8.33. The number of hydrogen-bond acceptors (Lipinski definition) is 3. The number of Topliss-reactive ketones (excluding diaryl/α,β-unsaturated/α-hetero) is 1. The number of para-hydroxylation sites is 1. The van der Waals surface area contributed by atoms with E-state index in [1.165, 1.54) is 16.0 Å². The lowest BCUT2D eigenvalue weighted by Gasteiger charge is -2.28. The summed E-state index contributed by atoms with van der Waals surface area (Å²) in [5.74, 6) is 0.235. The zero-order chi connectivity index (χ0) is 16.6. The fraction of sp³-hybridized carbons (Fsp3) is 0.350. The SMILES string of the molecule is CCCc1c(C)c(C)c(C(=O)CC)c2c1Nc1ccccc1S2. The highest BCUT2D eigenvalue weighted by molar-refractivity contribution is 7.99. The van der Waals surface area contributed by atoms with E-state index < -0.39 is 0 Å². The normalized spacial score (nSPS) is 12.3. The number of benzene rings is 2. The lowest BCUT2D eigenvalue weighted by molar-refractivity contribution is 0.0984. The maximum Gasteiger partial charge on any atom is 0.164 e. The number of anilines is 2. The summed E-state index contributed by atoms with van der Waals surface area (Å²) < 4.78 is 0. The number of fused-ring (bicyclic) bond motifs is 2. The third kappa shape index (κ3) is 2.67. The van der Waals surface area contributed by atoms with Gasteiger partial charge in [0.15, 0.2) is 5.78 Å². The van der Waals surface area contributed by atoms with Crippen molar-refractivity contribution in [2.75, 3.05) is 5.32 Å². The van der Waals surface area contributed by atoms with Crippen LogP contribution in [0.4, 0.5) is 11.4 Å². The Kier molecular flexibility index (Phi) is 4.49. The first-order valence-electron chi connectivity index (χ1n) is 8.31. The van der Waals surface area contributed by atoms with Gasteiger partial charge in [0, 0.05) is 21.8 Å². The zero-order valence-electron chi connectivity index (χ0n) is 14.2. The summed E-state index contributed by atoms with van der Waals surface area (Å²) in [6.45, 7) is 8.40. The van der Waals surface area contributed by atoms with Crippen molar-refractivity contribution in [2.45, 2.75) is 56.7 Å². The van der Waals surface area contributed by atoms with Gasteiger partial charge in [-0.3, -0.25) is 4.79 Å². The Morgan fingerprint density at radius 2 is 1.87 bits per heavy atom. The molecule has 0 bridgehead atoms. The van der Waals surface area contributed by atoms with E-state index in [9.17, 15) is 4.79 Å². The van der Waals surface area contributed by atoms with Gasteiger partial charge in [-0.05, 0) is 49.1 Å². The quantitative estimate of drug-likeness (QED) is 0.591. The summed E-state index contributed by atoms with van der Waals surface area (Å²) in [4.78, 5) is 14.9. The van der Waals surface area contributed by atoms with Gasteiger partial charge >= 0.3 is 0 Å². The van der Waals surface area contributed by atoms with Gasteiger partial charge in [-0.2, -0.15) is 0 Å². The first-order valence-corrected chi connectivity index (χ1v) is 9.13. The van der Waals surface area contributed by atoms with Crippen LogP contribution >= 0.6 is 11.8 Å². The van der Waals surface area contributed by atoms with Crippen molar-refractivity contribution in [2.24, 2.45) is 0 Å². The Hall–Kier alpha value is -1.74. The fourth-order valence-electron chi connectivity index (χ4n) is 3.25. The summed E-state index contributed by atoms with van der Waals surface area (Å²) >= 11 is 1.73. The first kappa shape index (κ1) is 16.1. The molecular formula is C20H23NOS. The highest BCUT2D eigenvalue weighted by Crippen LogP contribution is 2.49. The molecule has 0 aromatic heterocycles. The van der Waals surface area contributed by atoms with Crippen LogP contribution in [-0.2, 0) is 6.42 Å². The number of carbonyl (C=O) groups is 1. The second kappa shape index (κ2) is 6.40. The molecule has 1 N–H and O–H groups in total. The molecule has 1 heterocycles. The molecule has 3 rings (SSSR count). The van der Waals surface area contributed by atoms with Crippen molar-refractivity contribution in [1.29, 1.82) is 0 Å². The Labute approximate surface area is 142 Å². The summed E-state index contributed by atoms with van der Waals surface area (Å²) in [5, 5.41) is 3.61. The van der Waals surface area contributed by atoms with Gasteiger partial charge in [0.05, 0.1) is 11.4 Å². The molecule has 0 aliphatic carbocycles. The van der Waals surface area contributed by atoms with E-state index in [0.717, 1.165) is 40.2 Å². The third-order valence-corrected chi connectivity index (χ3v) is 5.79. The predicted molar refractivity (Wildman–Crippen MR) is 98.4 cm³/mol. The molecule has 0 radical (unpaired) electrons. The summed E-state index contributed by atoms with van der Waals surface area (Å²) in [6.07, 6.45) is 2.68. The molecule has 0 unspecified atom stereocenters. The molecule has 0 saturated heterocycles. The average molecular weight is 325 g/mol. The number of ketones is 1. The molecule has 0 atom stereocenters. The molecule has 0 spiro atoms. The average Bonchev–Trinajstić information content (AvgIpc) is 2.57. The van der Waals surface area contributed by atoms with Crippen molar-refractivity contribution in [3.05, 3.63) is 46.5 Å². The number of rotatable bonds is 4. The Morgan fingerprint density at radius 3 is 2.57 bits per heavy atom. The highest BCUT2D eigenvalue weighted by Gasteiger charge is 2.27. The molecule has 0 fully saturated rings. The third-order valence-electron chi connectivity index (χ3n) is 4.60. The molecule has 1 aliphatic heterocycles. The van der Waals surface area contributed by atoms with E-state index in [2.05, 4.69) is 44.3 Å². The van der Waals surface area contributed by atoms with Crippen LogP contribution in [0.2, 0.25) is 0 Å². The van der Waals surface area contributed by atoms with Crippen LogP contribution in [0, 0.1) is 13.8 Å². The maximum absolute atomic E-state index is 12.6. The Balaban J connectivity index is 2.27. The van der Waals surface area contributed by atoms with Gasteiger partial charge < -0.3 is 5.32 Å². The molecule has 1 aliphatic rings.